The second-order valence-corrected chi connectivity index (χ2v) is 7.52. The van der Waals surface area contributed by atoms with Crippen molar-refractivity contribution in [2.24, 2.45) is 5.10 Å². The topological polar surface area (TPSA) is 88.7 Å². The number of hydrogen-bond donors (Lipinski definition) is 2. The average Bonchev–Trinajstić information content (AvgIpc) is 3.05. The molecule has 0 saturated heterocycles. The summed E-state index contributed by atoms with van der Waals surface area (Å²) in [6.45, 7) is 0.528. The molecule has 0 spiro atoms. The van der Waals surface area contributed by atoms with Crippen LogP contribution >= 0.6 is 31.9 Å². The number of nitrogens with zero attached hydrogens (tertiary/aromatic N) is 3. The third kappa shape index (κ3) is 4.79. The van der Waals surface area contributed by atoms with Gasteiger partial charge in [0.25, 0.3) is 5.91 Å². The van der Waals surface area contributed by atoms with E-state index >= 15 is 0 Å². The van der Waals surface area contributed by atoms with Gasteiger partial charge < -0.3 is 9.84 Å². The summed E-state index contributed by atoms with van der Waals surface area (Å²) in [5.41, 5.74) is 4.08. The van der Waals surface area contributed by atoms with Gasteiger partial charge in [0.05, 0.1) is 24.3 Å². The van der Waals surface area contributed by atoms with E-state index in [1.54, 1.807) is 29.1 Å². The predicted molar refractivity (Wildman–Crippen MR) is 113 cm³/mol. The van der Waals surface area contributed by atoms with Crippen molar-refractivity contribution in [1.82, 2.24) is 15.2 Å². The summed E-state index contributed by atoms with van der Waals surface area (Å²) in [5.74, 6) is -0.201. The number of aromatic hydroxyl groups is 1. The standard InChI is InChI=1S/C19H16Br2N4O3/c1-28-16-4-2-3-13(18(16)26)9-22-23-19(27)17-15(21)11-25(24-17)10-12-5-7-14(20)8-6-12/h2-9,11,26H,10H2,1H3,(H,23,27)/b22-9-. The van der Waals surface area contributed by atoms with Crippen LogP contribution in [-0.4, -0.2) is 34.1 Å². The first-order valence-corrected chi connectivity index (χ1v) is 9.73. The average molecular weight is 508 g/mol. The summed E-state index contributed by atoms with van der Waals surface area (Å²) in [5, 5.41) is 18.2. The fourth-order valence-electron chi connectivity index (χ4n) is 2.43. The SMILES string of the molecule is COc1cccc(/C=N\NC(=O)c2nn(Cc3ccc(Br)cc3)cc2Br)c1O. The number of phenols is 1. The maximum atomic E-state index is 12.4. The number of hydrazone groups is 1. The molecule has 0 aliphatic rings. The number of phenolic OH excluding ortho intramolecular Hbond substituents is 1. The van der Waals surface area contributed by atoms with E-state index in [1.165, 1.54) is 13.3 Å². The van der Waals surface area contributed by atoms with Crippen LogP contribution in [0.5, 0.6) is 11.5 Å². The summed E-state index contributed by atoms with van der Waals surface area (Å²) >= 11 is 6.75. The van der Waals surface area contributed by atoms with E-state index < -0.39 is 5.91 Å². The largest absolute Gasteiger partial charge is 0.504 e. The molecule has 0 fully saturated rings. The molecule has 0 saturated carbocycles. The van der Waals surface area contributed by atoms with E-state index in [1.807, 2.05) is 24.3 Å². The second-order valence-electron chi connectivity index (χ2n) is 5.75. The number of benzene rings is 2. The molecule has 0 aliphatic heterocycles. The molecule has 1 aromatic heterocycles. The molecule has 28 heavy (non-hydrogen) atoms. The lowest BCUT2D eigenvalue weighted by molar-refractivity contribution is 0.0948. The van der Waals surface area contributed by atoms with Crippen LogP contribution in [0.3, 0.4) is 0 Å². The summed E-state index contributed by atoms with van der Waals surface area (Å²) in [6, 6.07) is 12.8. The summed E-state index contributed by atoms with van der Waals surface area (Å²) in [6.07, 6.45) is 3.07. The van der Waals surface area contributed by atoms with Crippen LogP contribution in [-0.2, 0) is 6.54 Å². The van der Waals surface area contributed by atoms with Gasteiger partial charge >= 0.3 is 0 Å². The Hall–Kier alpha value is -2.65. The van der Waals surface area contributed by atoms with Crippen LogP contribution in [0.2, 0.25) is 0 Å². The van der Waals surface area contributed by atoms with Crippen molar-refractivity contribution >= 4 is 44.0 Å². The predicted octanol–water partition coefficient (Wildman–Crippen LogP) is 3.93. The van der Waals surface area contributed by atoms with Crippen LogP contribution in [0.1, 0.15) is 21.6 Å². The number of aromatic nitrogens is 2. The number of methoxy groups -OCH3 is 1. The van der Waals surface area contributed by atoms with Gasteiger partial charge in [0.2, 0.25) is 0 Å². The van der Waals surface area contributed by atoms with Gasteiger partial charge in [-0.2, -0.15) is 10.2 Å². The number of amides is 1. The molecule has 144 valence electrons. The van der Waals surface area contributed by atoms with Gasteiger partial charge in [-0.3, -0.25) is 9.48 Å². The maximum absolute atomic E-state index is 12.4. The molecule has 1 heterocycles. The van der Waals surface area contributed by atoms with Crippen molar-refractivity contribution in [2.75, 3.05) is 7.11 Å². The molecular weight excluding hydrogens is 492 g/mol. The zero-order chi connectivity index (χ0) is 20.1. The smallest absolute Gasteiger partial charge is 0.293 e. The highest BCUT2D eigenvalue weighted by Crippen LogP contribution is 2.27. The van der Waals surface area contributed by atoms with Gasteiger partial charge in [-0.25, -0.2) is 5.43 Å². The van der Waals surface area contributed by atoms with Gasteiger partial charge in [0, 0.05) is 16.2 Å². The van der Waals surface area contributed by atoms with Gasteiger partial charge in [-0.1, -0.05) is 34.1 Å². The highest BCUT2D eigenvalue weighted by Gasteiger charge is 2.15. The third-order valence-electron chi connectivity index (χ3n) is 3.81. The Morgan fingerprint density at radius 2 is 2.04 bits per heavy atom. The molecule has 0 bridgehead atoms. The summed E-state index contributed by atoms with van der Waals surface area (Å²) in [4.78, 5) is 12.4. The lowest BCUT2D eigenvalue weighted by Gasteiger charge is -2.04. The van der Waals surface area contributed by atoms with Crippen molar-refractivity contribution < 1.29 is 14.6 Å². The number of ether oxygens (including phenoxy) is 1. The normalized spacial score (nSPS) is 11.0. The molecule has 3 rings (SSSR count). The molecule has 3 aromatic rings. The molecule has 0 aliphatic carbocycles. The van der Waals surface area contributed by atoms with E-state index in [-0.39, 0.29) is 11.4 Å². The molecular formula is C19H16Br2N4O3. The Labute approximate surface area is 178 Å². The molecule has 0 radical (unpaired) electrons. The van der Waals surface area contributed by atoms with Crippen molar-refractivity contribution in [3.05, 3.63) is 74.4 Å². The minimum atomic E-state index is -0.472. The summed E-state index contributed by atoms with van der Waals surface area (Å²) in [7, 11) is 1.46. The highest BCUT2D eigenvalue weighted by molar-refractivity contribution is 9.10. The molecule has 0 unspecified atom stereocenters. The number of carbonyl (C=O) groups is 1. The van der Waals surface area contributed by atoms with E-state index in [0.29, 0.717) is 22.3 Å². The minimum Gasteiger partial charge on any atom is -0.504 e. The van der Waals surface area contributed by atoms with Crippen LogP contribution in [0.4, 0.5) is 0 Å². The molecule has 9 heteroatoms. The van der Waals surface area contributed by atoms with Gasteiger partial charge in [-0.15, -0.1) is 0 Å². The van der Waals surface area contributed by atoms with Crippen molar-refractivity contribution in [2.45, 2.75) is 6.54 Å². The number of carbonyl (C=O) groups excluding carboxylic acids is 1. The number of hydrogen-bond acceptors (Lipinski definition) is 5. The van der Waals surface area contributed by atoms with Crippen LogP contribution in [0.15, 0.2) is 62.7 Å². The lowest BCUT2D eigenvalue weighted by atomic mass is 10.2. The molecule has 1 amide bonds. The zero-order valence-electron chi connectivity index (χ0n) is 14.8. The first-order chi connectivity index (χ1) is 13.5. The fourth-order valence-corrected chi connectivity index (χ4v) is 3.19. The van der Waals surface area contributed by atoms with Gasteiger partial charge in [-0.05, 0) is 45.8 Å². The third-order valence-corrected chi connectivity index (χ3v) is 4.92. The van der Waals surface area contributed by atoms with Crippen molar-refractivity contribution in [1.29, 1.82) is 0 Å². The fraction of sp³-hybridized carbons (Fsp3) is 0.105. The lowest BCUT2D eigenvalue weighted by Crippen LogP contribution is -2.19. The van der Waals surface area contributed by atoms with E-state index in [4.69, 9.17) is 4.74 Å². The molecule has 2 N–H and O–H groups in total. The van der Waals surface area contributed by atoms with E-state index in [9.17, 15) is 9.90 Å². The van der Waals surface area contributed by atoms with Crippen LogP contribution < -0.4 is 10.2 Å². The van der Waals surface area contributed by atoms with Crippen LogP contribution in [0, 0.1) is 0 Å². The molecule has 0 atom stereocenters. The van der Waals surface area contributed by atoms with Crippen molar-refractivity contribution in [3.8, 4) is 11.5 Å². The minimum absolute atomic E-state index is 0.0528. The number of para-hydroxylation sites is 1. The first kappa shape index (κ1) is 20.1. The highest BCUT2D eigenvalue weighted by atomic mass is 79.9. The van der Waals surface area contributed by atoms with E-state index in [0.717, 1.165) is 10.0 Å². The molecule has 7 nitrogen and oxygen atoms in total. The first-order valence-electron chi connectivity index (χ1n) is 8.14. The number of nitrogens with one attached hydrogen (secondary N) is 1. The quantitative estimate of drug-likeness (QED) is 0.390. The van der Waals surface area contributed by atoms with E-state index in [2.05, 4.69) is 47.5 Å². The Kier molecular flexibility index (Phi) is 6.48. The van der Waals surface area contributed by atoms with Gasteiger partial charge in [0.15, 0.2) is 17.2 Å². The number of halogens is 2. The Balaban J connectivity index is 1.68. The monoisotopic (exact) mass is 506 g/mol. The van der Waals surface area contributed by atoms with Gasteiger partial charge in [0.1, 0.15) is 0 Å². The second kappa shape index (κ2) is 9.03. The number of rotatable bonds is 6. The van der Waals surface area contributed by atoms with Crippen molar-refractivity contribution in [3.63, 3.8) is 0 Å². The molecule has 2 aromatic carbocycles. The maximum Gasteiger partial charge on any atom is 0.293 e. The Morgan fingerprint density at radius 3 is 2.75 bits per heavy atom. The summed E-state index contributed by atoms with van der Waals surface area (Å²) < 4.78 is 8.26. The van der Waals surface area contributed by atoms with Crippen LogP contribution in [0.25, 0.3) is 0 Å². The Morgan fingerprint density at radius 1 is 1.29 bits per heavy atom. The Bertz CT molecular complexity index is 1020. The zero-order valence-corrected chi connectivity index (χ0v) is 17.9.